The minimum Gasteiger partial charge on any atom is -0.395 e. The van der Waals surface area contributed by atoms with E-state index >= 15 is 0 Å². The van der Waals surface area contributed by atoms with E-state index in [1.54, 1.807) is 6.07 Å². The molecule has 1 aliphatic heterocycles. The Balaban J connectivity index is 1.59. The number of amides is 1. The van der Waals surface area contributed by atoms with Crippen molar-refractivity contribution in [1.29, 1.82) is 0 Å². The molecule has 0 fully saturated rings. The molecule has 9 heteroatoms. The summed E-state index contributed by atoms with van der Waals surface area (Å²) in [5.74, 6) is -1.31. The van der Waals surface area contributed by atoms with Gasteiger partial charge in [0.1, 0.15) is 5.82 Å². The average molecular weight is 403 g/mol. The van der Waals surface area contributed by atoms with Gasteiger partial charge in [-0.05, 0) is 30.3 Å². The second-order valence-corrected chi connectivity index (χ2v) is 5.77. The van der Waals surface area contributed by atoms with Gasteiger partial charge in [0.25, 0.3) is 0 Å². The third-order valence-corrected chi connectivity index (χ3v) is 3.55. The minimum atomic E-state index is -3.70. The van der Waals surface area contributed by atoms with Crippen LogP contribution in [0.25, 0.3) is 0 Å². The number of halogens is 4. The number of fused-ring (bicyclic) bond motifs is 1. The summed E-state index contributed by atoms with van der Waals surface area (Å²) < 4.78 is 48.6. The minimum absolute atomic E-state index is 0.0373. The topological polar surface area (TPSA) is 59.6 Å². The second-order valence-electron chi connectivity index (χ2n) is 4.85. The molecule has 0 aliphatic carbocycles. The summed E-state index contributed by atoms with van der Waals surface area (Å²) in [5, 5.41) is 5.13. The summed E-state index contributed by atoms with van der Waals surface area (Å²) in [7, 11) is 0. The largest absolute Gasteiger partial charge is 0.586 e. The second kappa shape index (κ2) is 6.23. The lowest BCUT2D eigenvalue weighted by Gasteiger charge is -2.09. The first kappa shape index (κ1) is 16.4. The van der Waals surface area contributed by atoms with Crippen molar-refractivity contribution in [3.05, 3.63) is 46.7 Å². The Bertz CT molecular complexity index is 802. The van der Waals surface area contributed by atoms with Crippen LogP contribution in [0.4, 0.5) is 24.5 Å². The highest BCUT2D eigenvalue weighted by molar-refractivity contribution is 9.10. The fourth-order valence-corrected chi connectivity index (χ4v) is 2.36. The lowest BCUT2D eigenvalue weighted by Crippen LogP contribution is -2.25. The van der Waals surface area contributed by atoms with Gasteiger partial charge in [0, 0.05) is 16.2 Å². The number of rotatable bonds is 4. The standard InChI is InChI=1S/C15H10BrF3N2O3/c16-8-1-3-11(10(17)5-8)21-14(22)7-20-9-2-4-12-13(6-9)24-15(18,19)23-12/h1-6,20H,7H2,(H,21,22). The molecule has 3 rings (SSSR count). The Kier molecular flexibility index (Phi) is 4.27. The van der Waals surface area contributed by atoms with Gasteiger partial charge in [-0.2, -0.15) is 0 Å². The molecule has 1 aliphatic rings. The average Bonchev–Trinajstić information content (AvgIpc) is 2.81. The molecule has 0 radical (unpaired) electrons. The van der Waals surface area contributed by atoms with Crippen molar-refractivity contribution in [3.63, 3.8) is 0 Å². The van der Waals surface area contributed by atoms with Gasteiger partial charge in [-0.15, -0.1) is 8.78 Å². The molecule has 2 aromatic carbocycles. The monoisotopic (exact) mass is 402 g/mol. The summed E-state index contributed by atoms with van der Waals surface area (Å²) in [4.78, 5) is 11.8. The van der Waals surface area contributed by atoms with E-state index in [1.807, 2.05) is 0 Å². The molecule has 0 saturated heterocycles. The Hall–Kier alpha value is -2.42. The zero-order chi connectivity index (χ0) is 17.3. The summed E-state index contributed by atoms with van der Waals surface area (Å²) in [6.45, 7) is -0.189. The Morgan fingerprint density at radius 3 is 2.62 bits per heavy atom. The van der Waals surface area contributed by atoms with Crippen LogP contribution in [0.15, 0.2) is 40.9 Å². The predicted molar refractivity (Wildman–Crippen MR) is 83.9 cm³/mol. The van der Waals surface area contributed by atoms with Crippen molar-refractivity contribution >= 4 is 33.2 Å². The molecule has 0 aromatic heterocycles. The van der Waals surface area contributed by atoms with E-state index in [2.05, 4.69) is 36.0 Å². The van der Waals surface area contributed by atoms with E-state index in [9.17, 15) is 18.0 Å². The smallest absolute Gasteiger partial charge is 0.395 e. The quantitative estimate of drug-likeness (QED) is 0.812. The van der Waals surface area contributed by atoms with Crippen molar-refractivity contribution in [3.8, 4) is 11.5 Å². The van der Waals surface area contributed by atoms with Crippen LogP contribution in [0.1, 0.15) is 0 Å². The van der Waals surface area contributed by atoms with E-state index in [0.717, 1.165) is 0 Å². The van der Waals surface area contributed by atoms with Crippen molar-refractivity contribution in [1.82, 2.24) is 0 Å². The first-order valence-electron chi connectivity index (χ1n) is 6.71. The first-order chi connectivity index (χ1) is 11.3. The van der Waals surface area contributed by atoms with E-state index in [4.69, 9.17) is 0 Å². The molecular weight excluding hydrogens is 393 g/mol. The number of hydrogen-bond acceptors (Lipinski definition) is 4. The molecule has 1 heterocycles. The molecule has 126 valence electrons. The molecule has 0 spiro atoms. The number of nitrogens with one attached hydrogen (secondary N) is 2. The van der Waals surface area contributed by atoms with Gasteiger partial charge in [-0.25, -0.2) is 4.39 Å². The molecule has 0 bridgehead atoms. The van der Waals surface area contributed by atoms with Crippen molar-refractivity contribution in [2.24, 2.45) is 0 Å². The Morgan fingerprint density at radius 2 is 1.88 bits per heavy atom. The number of carbonyl (C=O) groups excluding carboxylic acids is 1. The zero-order valence-corrected chi connectivity index (χ0v) is 13.5. The number of ether oxygens (including phenoxy) is 2. The van der Waals surface area contributed by atoms with Crippen LogP contribution >= 0.6 is 15.9 Å². The number of hydrogen-bond donors (Lipinski definition) is 2. The maximum atomic E-state index is 13.6. The molecule has 5 nitrogen and oxygen atoms in total. The normalized spacial score (nSPS) is 14.3. The highest BCUT2D eigenvalue weighted by atomic mass is 79.9. The first-order valence-corrected chi connectivity index (χ1v) is 7.50. The van der Waals surface area contributed by atoms with Crippen molar-refractivity contribution < 1.29 is 27.4 Å². The van der Waals surface area contributed by atoms with Crippen LogP contribution in [-0.4, -0.2) is 18.7 Å². The Morgan fingerprint density at radius 1 is 1.12 bits per heavy atom. The summed E-state index contributed by atoms with van der Waals surface area (Å²) in [6.07, 6.45) is -3.70. The SMILES string of the molecule is O=C(CNc1ccc2c(c1)OC(F)(F)O2)Nc1ccc(Br)cc1F. The van der Waals surface area contributed by atoms with Gasteiger partial charge in [0.15, 0.2) is 11.5 Å². The van der Waals surface area contributed by atoms with E-state index in [-0.39, 0.29) is 23.7 Å². The van der Waals surface area contributed by atoms with E-state index in [0.29, 0.717) is 10.2 Å². The molecule has 0 atom stereocenters. The molecule has 2 N–H and O–H groups in total. The van der Waals surface area contributed by atoms with Gasteiger partial charge in [-0.3, -0.25) is 4.79 Å². The summed E-state index contributed by atoms with van der Waals surface area (Å²) in [6, 6.07) is 8.26. The lowest BCUT2D eigenvalue weighted by atomic mass is 10.2. The molecule has 2 aromatic rings. The molecule has 1 amide bonds. The van der Waals surface area contributed by atoms with Crippen LogP contribution in [0.3, 0.4) is 0 Å². The van der Waals surface area contributed by atoms with Crippen LogP contribution < -0.4 is 20.1 Å². The molecule has 0 unspecified atom stereocenters. The predicted octanol–water partition coefficient (Wildman–Crippen LogP) is 3.96. The Labute approximate surface area is 142 Å². The number of anilines is 2. The van der Waals surface area contributed by atoms with E-state index in [1.165, 1.54) is 30.3 Å². The van der Waals surface area contributed by atoms with Gasteiger partial charge in [0.05, 0.1) is 12.2 Å². The van der Waals surface area contributed by atoms with Gasteiger partial charge >= 0.3 is 6.29 Å². The summed E-state index contributed by atoms with van der Waals surface area (Å²) in [5.41, 5.74) is 0.414. The van der Waals surface area contributed by atoms with E-state index < -0.39 is 18.0 Å². The van der Waals surface area contributed by atoms with Crippen molar-refractivity contribution in [2.75, 3.05) is 17.2 Å². The maximum absolute atomic E-state index is 13.6. The number of carbonyl (C=O) groups is 1. The van der Waals surface area contributed by atoms with Gasteiger partial charge < -0.3 is 20.1 Å². The van der Waals surface area contributed by atoms with Crippen LogP contribution in [0.2, 0.25) is 0 Å². The zero-order valence-electron chi connectivity index (χ0n) is 11.9. The number of benzene rings is 2. The van der Waals surface area contributed by atoms with Crippen LogP contribution in [0.5, 0.6) is 11.5 Å². The van der Waals surface area contributed by atoms with Gasteiger partial charge in [0.2, 0.25) is 5.91 Å². The fourth-order valence-electron chi connectivity index (χ4n) is 2.03. The molecule has 0 saturated carbocycles. The van der Waals surface area contributed by atoms with Crippen LogP contribution in [-0.2, 0) is 4.79 Å². The van der Waals surface area contributed by atoms with Crippen molar-refractivity contribution in [2.45, 2.75) is 6.29 Å². The highest BCUT2D eigenvalue weighted by Crippen LogP contribution is 2.42. The number of alkyl halides is 2. The lowest BCUT2D eigenvalue weighted by molar-refractivity contribution is -0.286. The molecule has 24 heavy (non-hydrogen) atoms. The third kappa shape index (κ3) is 3.73. The van der Waals surface area contributed by atoms with Gasteiger partial charge in [-0.1, -0.05) is 15.9 Å². The highest BCUT2D eigenvalue weighted by Gasteiger charge is 2.43. The maximum Gasteiger partial charge on any atom is 0.586 e. The fraction of sp³-hybridized carbons (Fsp3) is 0.133. The third-order valence-electron chi connectivity index (χ3n) is 3.06. The van der Waals surface area contributed by atoms with Crippen LogP contribution in [0, 0.1) is 5.82 Å². The summed E-state index contributed by atoms with van der Waals surface area (Å²) >= 11 is 3.12. The molecular formula is C15H10BrF3N2O3.